The maximum absolute atomic E-state index is 11.6. The Hall–Kier alpha value is -0.610. The molecule has 1 saturated carbocycles. The second-order valence-corrected chi connectivity index (χ2v) is 4.88. The lowest BCUT2D eigenvalue weighted by Gasteiger charge is -2.35. The predicted molar refractivity (Wildman–Crippen MR) is 55.5 cm³/mol. The van der Waals surface area contributed by atoms with Crippen molar-refractivity contribution in [3.05, 3.63) is 0 Å². The molecule has 4 heteroatoms. The van der Waals surface area contributed by atoms with Crippen LogP contribution >= 0.6 is 0 Å². The molecule has 0 aromatic rings. The molecule has 0 aromatic heterocycles. The Labute approximate surface area is 90.0 Å². The zero-order valence-electron chi connectivity index (χ0n) is 8.95. The van der Waals surface area contributed by atoms with E-state index in [0.717, 1.165) is 19.6 Å². The zero-order valence-corrected chi connectivity index (χ0v) is 8.95. The number of morpholine rings is 1. The molecule has 84 valence electrons. The fourth-order valence-corrected chi connectivity index (χ4v) is 2.63. The number of nitrogens with zero attached hydrogens (tertiary/aromatic N) is 1. The third-order valence-corrected chi connectivity index (χ3v) is 3.73. The fourth-order valence-electron chi connectivity index (χ4n) is 2.63. The molecule has 2 aliphatic heterocycles. The molecule has 1 amide bonds. The van der Waals surface area contributed by atoms with Crippen LogP contribution in [-0.2, 0) is 9.53 Å². The van der Waals surface area contributed by atoms with Crippen molar-refractivity contribution >= 4 is 5.91 Å². The SMILES string of the molecule is O=C1COC(C2CCNC2)CN1C1CC1. The number of amides is 1. The van der Waals surface area contributed by atoms with Crippen molar-refractivity contribution < 1.29 is 9.53 Å². The predicted octanol–water partition coefficient (Wildman–Crippen LogP) is -0.0143. The average Bonchev–Trinajstić information content (AvgIpc) is 2.94. The quantitative estimate of drug-likeness (QED) is 0.697. The lowest BCUT2D eigenvalue weighted by Crippen LogP contribution is -2.50. The molecule has 2 saturated heterocycles. The first-order chi connectivity index (χ1) is 7.34. The molecule has 2 unspecified atom stereocenters. The molecule has 3 fully saturated rings. The van der Waals surface area contributed by atoms with Gasteiger partial charge >= 0.3 is 0 Å². The van der Waals surface area contributed by atoms with Crippen molar-refractivity contribution in [3.8, 4) is 0 Å². The maximum atomic E-state index is 11.6. The molecular formula is C11H18N2O2. The van der Waals surface area contributed by atoms with Gasteiger partial charge in [0.15, 0.2) is 0 Å². The van der Waals surface area contributed by atoms with Crippen molar-refractivity contribution in [1.29, 1.82) is 0 Å². The van der Waals surface area contributed by atoms with Gasteiger partial charge in [-0.2, -0.15) is 0 Å². The molecule has 0 radical (unpaired) electrons. The summed E-state index contributed by atoms with van der Waals surface area (Å²) in [5.74, 6) is 0.805. The van der Waals surface area contributed by atoms with Crippen LogP contribution in [0.3, 0.4) is 0 Å². The van der Waals surface area contributed by atoms with Gasteiger partial charge in [-0.15, -0.1) is 0 Å². The van der Waals surface area contributed by atoms with Gasteiger partial charge in [-0.1, -0.05) is 0 Å². The standard InChI is InChI=1S/C11H18N2O2/c14-11-7-15-10(8-3-4-12-5-8)6-13(11)9-1-2-9/h8-10,12H,1-7H2. The van der Waals surface area contributed by atoms with Gasteiger partial charge in [-0.25, -0.2) is 0 Å². The Morgan fingerprint density at radius 1 is 1.33 bits per heavy atom. The smallest absolute Gasteiger partial charge is 0.248 e. The van der Waals surface area contributed by atoms with Gasteiger partial charge in [0, 0.05) is 25.0 Å². The molecule has 0 spiro atoms. The molecular weight excluding hydrogens is 192 g/mol. The molecule has 3 rings (SSSR count). The zero-order chi connectivity index (χ0) is 10.3. The van der Waals surface area contributed by atoms with Crippen LogP contribution in [0.2, 0.25) is 0 Å². The van der Waals surface area contributed by atoms with Gasteiger partial charge in [0.2, 0.25) is 5.91 Å². The summed E-state index contributed by atoms with van der Waals surface area (Å²) in [5, 5.41) is 3.36. The third-order valence-electron chi connectivity index (χ3n) is 3.73. The number of ether oxygens (including phenoxy) is 1. The molecule has 0 aromatic carbocycles. The van der Waals surface area contributed by atoms with Crippen molar-refractivity contribution in [3.63, 3.8) is 0 Å². The van der Waals surface area contributed by atoms with E-state index in [-0.39, 0.29) is 12.0 Å². The summed E-state index contributed by atoms with van der Waals surface area (Å²) in [5.41, 5.74) is 0. The van der Waals surface area contributed by atoms with Crippen LogP contribution in [0.4, 0.5) is 0 Å². The molecule has 3 aliphatic rings. The Balaban J connectivity index is 1.63. The second-order valence-electron chi connectivity index (χ2n) is 4.88. The number of carbonyl (C=O) groups is 1. The topological polar surface area (TPSA) is 41.6 Å². The van der Waals surface area contributed by atoms with Crippen molar-refractivity contribution in [2.45, 2.75) is 31.4 Å². The Morgan fingerprint density at radius 2 is 2.20 bits per heavy atom. The highest BCUT2D eigenvalue weighted by atomic mass is 16.5. The fraction of sp³-hybridized carbons (Fsp3) is 0.909. The van der Waals surface area contributed by atoms with E-state index >= 15 is 0 Å². The van der Waals surface area contributed by atoms with E-state index in [1.165, 1.54) is 19.3 Å². The number of carbonyl (C=O) groups excluding carboxylic acids is 1. The first-order valence-corrected chi connectivity index (χ1v) is 5.96. The maximum Gasteiger partial charge on any atom is 0.248 e. The van der Waals surface area contributed by atoms with E-state index < -0.39 is 0 Å². The molecule has 2 heterocycles. The summed E-state index contributed by atoms with van der Waals surface area (Å²) in [7, 11) is 0. The van der Waals surface area contributed by atoms with E-state index in [9.17, 15) is 4.79 Å². The molecule has 15 heavy (non-hydrogen) atoms. The monoisotopic (exact) mass is 210 g/mol. The largest absolute Gasteiger partial charge is 0.366 e. The van der Waals surface area contributed by atoms with Gasteiger partial charge in [-0.3, -0.25) is 4.79 Å². The van der Waals surface area contributed by atoms with E-state index in [2.05, 4.69) is 5.32 Å². The summed E-state index contributed by atoms with van der Waals surface area (Å²) in [6.07, 6.45) is 3.86. The first-order valence-electron chi connectivity index (χ1n) is 5.96. The number of rotatable bonds is 2. The molecule has 1 N–H and O–H groups in total. The lowest BCUT2D eigenvalue weighted by molar-refractivity contribution is -0.152. The summed E-state index contributed by atoms with van der Waals surface area (Å²) < 4.78 is 5.65. The Kier molecular flexibility index (Phi) is 2.41. The average molecular weight is 210 g/mol. The van der Waals surface area contributed by atoms with Crippen LogP contribution in [-0.4, -0.2) is 49.2 Å². The van der Waals surface area contributed by atoms with Gasteiger partial charge in [0.25, 0.3) is 0 Å². The third kappa shape index (κ3) is 1.88. The summed E-state index contributed by atoms with van der Waals surface area (Å²) >= 11 is 0. The molecule has 2 atom stereocenters. The van der Waals surface area contributed by atoms with Gasteiger partial charge in [0.1, 0.15) is 6.61 Å². The van der Waals surface area contributed by atoms with Gasteiger partial charge < -0.3 is 15.0 Å². The van der Waals surface area contributed by atoms with E-state index in [1.807, 2.05) is 4.90 Å². The van der Waals surface area contributed by atoms with Gasteiger partial charge in [-0.05, 0) is 25.8 Å². The molecule has 1 aliphatic carbocycles. The van der Waals surface area contributed by atoms with Crippen molar-refractivity contribution in [1.82, 2.24) is 10.2 Å². The summed E-state index contributed by atoms with van der Waals surface area (Å²) in [6.45, 7) is 3.28. The van der Waals surface area contributed by atoms with Crippen molar-refractivity contribution in [2.75, 3.05) is 26.2 Å². The van der Waals surface area contributed by atoms with E-state index in [1.54, 1.807) is 0 Å². The van der Waals surface area contributed by atoms with Crippen LogP contribution in [0.5, 0.6) is 0 Å². The highest BCUT2D eigenvalue weighted by Gasteiger charge is 2.39. The van der Waals surface area contributed by atoms with Crippen LogP contribution in [0, 0.1) is 5.92 Å². The van der Waals surface area contributed by atoms with Crippen LogP contribution in [0.25, 0.3) is 0 Å². The van der Waals surface area contributed by atoms with E-state index in [4.69, 9.17) is 4.74 Å². The number of hydrogen-bond donors (Lipinski definition) is 1. The first kappa shape index (κ1) is 9.60. The van der Waals surface area contributed by atoms with E-state index in [0.29, 0.717) is 18.6 Å². The highest BCUT2D eigenvalue weighted by Crippen LogP contribution is 2.30. The molecule has 4 nitrogen and oxygen atoms in total. The Bertz CT molecular complexity index is 259. The minimum Gasteiger partial charge on any atom is -0.366 e. The highest BCUT2D eigenvalue weighted by molar-refractivity contribution is 5.78. The number of hydrogen-bond acceptors (Lipinski definition) is 3. The molecule has 0 bridgehead atoms. The second kappa shape index (κ2) is 3.76. The van der Waals surface area contributed by atoms with Crippen molar-refractivity contribution in [2.24, 2.45) is 5.92 Å². The summed E-state index contributed by atoms with van der Waals surface area (Å²) in [6, 6.07) is 0.540. The minimum atomic E-state index is 0.194. The lowest BCUT2D eigenvalue weighted by atomic mass is 10.00. The van der Waals surface area contributed by atoms with Gasteiger partial charge in [0.05, 0.1) is 6.10 Å². The minimum absolute atomic E-state index is 0.194. The summed E-state index contributed by atoms with van der Waals surface area (Å²) in [4.78, 5) is 13.7. The van der Waals surface area contributed by atoms with Crippen LogP contribution < -0.4 is 5.32 Å². The van der Waals surface area contributed by atoms with Crippen LogP contribution in [0.15, 0.2) is 0 Å². The number of nitrogens with one attached hydrogen (secondary N) is 1. The Morgan fingerprint density at radius 3 is 2.87 bits per heavy atom. The van der Waals surface area contributed by atoms with Crippen LogP contribution in [0.1, 0.15) is 19.3 Å². The normalized spacial score (nSPS) is 37.3.